The molecule has 0 aliphatic rings. The summed E-state index contributed by atoms with van der Waals surface area (Å²) in [6.07, 6.45) is 0. The first-order valence-electron chi connectivity index (χ1n) is 7.16. The third-order valence-corrected chi connectivity index (χ3v) is 3.21. The average molecular weight is 327 g/mol. The quantitative estimate of drug-likeness (QED) is 0.433. The Balaban J connectivity index is 1.87. The van der Waals surface area contributed by atoms with Gasteiger partial charge >= 0.3 is 5.97 Å². The lowest BCUT2D eigenvalue weighted by Crippen LogP contribution is -2.03. The molecular formula is C16H13N3O5. The number of carbonyl (C=O) groups excluding carboxylic acids is 1. The van der Waals surface area contributed by atoms with E-state index in [2.05, 4.69) is 10.3 Å². The van der Waals surface area contributed by atoms with Crippen molar-refractivity contribution in [3.8, 4) is 0 Å². The zero-order chi connectivity index (χ0) is 17.1. The molecule has 0 atom stereocenters. The van der Waals surface area contributed by atoms with Gasteiger partial charge in [-0.05, 0) is 31.2 Å². The second-order valence-electron chi connectivity index (χ2n) is 4.85. The molecule has 122 valence electrons. The fraction of sp³-hybridized carbons (Fsp3) is 0.125. The number of nitro groups is 1. The summed E-state index contributed by atoms with van der Waals surface area (Å²) in [5.41, 5.74) is 1.77. The fourth-order valence-corrected chi connectivity index (χ4v) is 2.14. The van der Waals surface area contributed by atoms with E-state index in [1.54, 1.807) is 37.3 Å². The number of aromatic nitrogens is 1. The Morgan fingerprint density at radius 3 is 2.92 bits per heavy atom. The molecule has 0 saturated heterocycles. The lowest BCUT2D eigenvalue weighted by Gasteiger charge is -2.00. The van der Waals surface area contributed by atoms with Crippen LogP contribution in [0.3, 0.4) is 0 Å². The van der Waals surface area contributed by atoms with Crippen LogP contribution in [0.4, 0.5) is 17.4 Å². The summed E-state index contributed by atoms with van der Waals surface area (Å²) in [5, 5.41) is 13.7. The molecule has 0 fully saturated rings. The van der Waals surface area contributed by atoms with E-state index in [0.29, 0.717) is 22.4 Å². The van der Waals surface area contributed by atoms with Gasteiger partial charge < -0.3 is 14.5 Å². The number of non-ortho nitro benzene ring substituents is 1. The zero-order valence-corrected chi connectivity index (χ0v) is 12.7. The fourth-order valence-electron chi connectivity index (χ4n) is 2.14. The van der Waals surface area contributed by atoms with E-state index in [1.807, 2.05) is 0 Å². The largest absolute Gasteiger partial charge is 0.462 e. The second kappa shape index (κ2) is 6.37. The van der Waals surface area contributed by atoms with Crippen LogP contribution >= 0.6 is 0 Å². The van der Waals surface area contributed by atoms with Gasteiger partial charge in [0.15, 0.2) is 5.58 Å². The first kappa shape index (κ1) is 15.5. The number of nitro benzene ring substituents is 1. The molecule has 8 nitrogen and oxygen atoms in total. The van der Waals surface area contributed by atoms with Crippen molar-refractivity contribution in [3.05, 3.63) is 58.1 Å². The van der Waals surface area contributed by atoms with E-state index < -0.39 is 10.9 Å². The van der Waals surface area contributed by atoms with Crippen LogP contribution in [-0.4, -0.2) is 22.5 Å². The minimum atomic E-state index is -0.483. The van der Waals surface area contributed by atoms with Crippen molar-refractivity contribution in [2.75, 3.05) is 11.9 Å². The number of esters is 1. The summed E-state index contributed by atoms with van der Waals surface area (Å²) in [7, 11) is 0. The van der Waals surface area contributed by atoms with Crippen molar-refractivity contribution in [2.24, 2.45) is 0 Å². The van der Waals surface area contributed by atoms with Crippen LogP contribution in [0.5, 0.6) is 0 Å². The van der Waals surface area contributed by atoms with E-state index in [4.69, 9.17) is 9.15 Å². The number of hydrogen-bond donors (Lipinski definition) is 1. The number of nitrogens with one attached hydrogen (secondary N) is 1. The highest BCUT2D eigenvalue weighted by molar-refractivity contribution is 5.93. The molecule has 24 heavy (non-hydrogen) atoms. The molecule has 0 bridgehead atoms. The molecule has 1 aromatic heterocycles. The molecule has 0 saturated carbocycles. The van der Waals surface area contributed by atoms with Gasteiger partial charge in [-0.15, -0.1) is 0 Å². The van der Waals surface area contributed by atoms with Gasteiger partial charge in [0.2, 0.25) is 0 Å². The smallest absolute Gasteiger partial charge is 0.338 e. The number of carbonyl (C=O) groups is 1. The minimum Gasteiger partial charge on any atom is -0.462 e. The molecule has 1 N–H and O–H groups in total. The number of fused-ring (bicyclic) bond motifs is 1. The van der Waals surface area contributed by atoms with Crippen LogP contribution in [0, 0.1) is 10.1 Å². The maximum atomic E-state index is 11.7. The topological polar surface area (TPSA) is 108 Å². The standard InChI is InChI=1S/C16H13N3O5/c1-2-23-15(20)10-6-7-14-13(8-10)18-16(24-14)17-11-4-3-5-12(9-11)19(21)22/h3-9H,2H2,1H3,(H,17,18). The van der Waals surface area contributed by atoms with Gasteiger partial charge in [0.25, 0.3) is 11.7 Å². The van der Waals surface area contributed by atoms with Crippen molar-refractivity contribution in [1.82, 2.24) is 4.98 Å². The van der Waals surface area contributed by atoms with Gasteiger partial charge in [-0.3, -0.25) is 10.1 Å². The highest BCUT2D eigenvalue weighted by Gasteiger charge is 2.12. The molecule has 1 heterocycles. The molecule has 0 amide bonds. The molecule has 0 spiro atoms. The maximum Gasteiger partial charge on any atom is 0.338 e. The number of oxazole rings is 1. The van der Waals surface area contributed by atoms with Gasteiger partial charge in [0, 0.05) is 17.8 Å². The van der Waals surface area contributed by atoms with Gasteiger partial charge in [0.1, 0.15) is 5.52 Å². The van der Waals surface area contributed by atoms with E-state index in [1.165, 1.54) is 12.1 Å². The molecule has 8 heteroatoms. The summed E-state index contributed by atoms with van der Waals surface area (Å²) in [6, 6.07) is 10.9. The predicted octanol–water partition coefficient (Wildman–Crippen LogP) is 3.66. The first-order valence-corrected chi connectivity index (χ1v) is 7.16. The lowest BCUT2D eigenvalue weighted by atomic mass is 10.2. The first-order chi connectivity index (χ1) is 11.6. The van der Waals surface area contributed by atoms with Crippen molar-refractivity contribution in [2.45, 2.75) is 6.92 Å². The molecule has 3 aromatic rings. The van der Waals surface area contributed by atoms with Gasteiger partial charge in [-0.1, -0.05) is 6.07 Å². The Morgan fingerprint density at radius 2 is 2.17 bits per heavy atom. The molecule has 0 aliphatic heterocycles. The summed E-state index contributed by atoms with van der Waals surface area (Å²) in [5.74, 6) is -0.435. The lowest BCUT2D eigenvalue weighted by molar-refractivity contribution is -0.384. The van der Waals surface area contributed by atoms with Gasteiger partial charge in [0.05, 0.1) is 17.1 Å². The van der Waals surface area contributed by atoms with Crippen molar-refractivity contribution >= 4 is 34.5 Å². The predicted molar refractivity (Wildman–Crippen MR) is 86.3 cm³/mol. The van der Waals surface area contributed by atoms with Crippen molar-refractivity contribution < 1.29 is 18.9 Å². The summed E-state index contributed by atoms with van der Waals surface area (Å²) in [6.45, 7) is 2.02. The van der Waals surface area contributed by atoms with Crippen LogP contribution in [0.15, 0.2) is 46.9 Å². The summed E-state index contributed by atoms with van der Waals surface area (Å²) < 4.78 is 10.5. The van der Waals surface area contributed by atoms with Crippen LogP contribution in [0.25, 0.3) is 11.1 Å². The summed E-state index contributed by atoms with van der Waals surface area (Å²) >= 11 is 0. The van der Waals surface area contributed by atoms with Crippen LogP contribution in [0.2, 0.25) is 0 Å². The number of ether oxygens (including phenoxy) is 1. The molecule has 0 aliphatic carbocycles. The number of rotatable bonds is 5. The molecular weight excluding hydrogens is 314 g/mol. The maximum absolute atomic E-state index is 11.7. The van der Waals surface area contributed by atoms with Gasteiger partial charge in [-0.2, -0.15) is 4.98 Å². The highest BCUT2D eigenvalue weighted by Crippen LogP contribution is 2.25. The van der Waals surface area contributed by atoms with Crippen LogP contribution < -0.4 is 5.32 Å². The average Bonchev–Trinajstić information content (AvgIpc) is 2.96. The minimum absolute atomic E-state index is 0.0410. The summed E-state index contributed by atoms with van der Waals surface area (Å²) in [4.78, 5) is 26.3. The Morgan fingerprint density at radius 1 is 1.33 bits per heavy atom. The number of benzene rings is 2. The molecule has 0 unspecified atom stereocenters. The van der Waals surface area contributed by atoms with E-state index in [9.17, 15) is 14.9 Å². The van der Waals surface area contributed by atoms with Gasteiger partial charge in [-0.25, -0.2) is 4.79 Å². The monoisotopic (exact) mass is 327 g/mol. The normalized spacial score (nSPS) is 10.5. The SMILES string of the molecule is CCOC(=O)c1ccc2oc(Nc3cccc([N+](=O)[O-])c3)nc2c1. The van der Waals surface area contributed by atoms with E-state index in [0.717, 1.165) is 0 Å². The van der Waals surface area contributed by atoms with Crippen LogP contribution in [0.1, 0.15) is 17.3 Å². The zero-order valence-electron chi connectivity index (χ0n) is 12.7. The molecule has 0 radical (unpaired) electrons. The number of hydrogen-bond acceptors (Lipinski definition) is 7. The number of nitrogens with zero attached hydrogens (tertiary/aromatic N) is 2. The molecule has 3 rings (SSSR count). The highest BCUT2D eigenvalue weighted by atomic mass is 16.6. The Hall–Kier alpha value is -3.42. The van der Waals surface area contributed by atoms with E-state index >= 15 is 0 Å². The third-order valence-electron chi connectivity index (χ3n) is 3.21. The second-order valence-corrected chi connectivity index (χ2v) is 4.85. The number of anilines is 2. The third kappa shape index (κ3) is 3.17. The molecule has 2 aromatic carbocycles. The Kier molecular flexibility index (Phi) is 4.11. The van der Waals surface area contributed by atoms with Crippen LogP contribution in [-0.2, 0) is 4.74 Å². The van der Waals surface area contributed by atoms with Crippen molar-refractivity contribution in [3.63, 3.8) is 0 Å². The Bertz CT molecular complexity index is 919. The van der Waals surface area contributed by atoms with Crippen molar-refractivity contribution in [1.29, 1.82) is 0 Å². The Labute approximate surface area is 136 Å². The van der Waals surface area contributed by atoms with E-state index in [-0.39, 0.29) is 18.3 Å².